The summed E-state index contributed by atoms with van der Waals surface area (Å²) in [5.41, 5.74) is 2.53. The zero-order valence-corrected chi connectivity index (χ0v) is 12.9. The number of nitrogens with one attached hydrogen (secondary N) is 1. The molecule has 6 nitrogen and oxygen atoms in total. The minimum absolute atomic E-state index is 0.126. The summed E-state index contributed by atoms with van der Waals surface area (Å²) in [7, 11) is 1.81. The highest BCUT2D eigenvalue weighted by Gasteiger charge is 2.24. The standard InChI is InChI=1S/C14H17N3O3S/c1-8-10(9(2)17(3)16-8)7-12(18)15-13(14(19)20)11-5-4-6-21-11/h4-6,13H,7H2,1-3H3,(H,15,18)(H,19,20). The second-order valence-electron chi connectivity index (χ2n) is 4.80. The van der Waals surface area contributed by atoms with Crippen LogP contribution in [-0.4, -0.2) is 26.8 Å². The number of aryl methyl sites for hydroxylation is 2. The lowest BCUT2D eigenvalue weighted by Crippen LogP contribution is -2.34. The van der Waals surface area contributed by atoms with Crippen LogP contribution in [0, 0.1) is 13.8 Å². The van der Waals surface area contributed by atoms with Gasteiger partial charge in [-0.2, -0.15) is 5.10 Å². The Bertz CT molecular complexity index is 661. The first-order chi connectivity index (χ1) is 9.90. The maximum absolute atomic E-state index is 12.1. The monoisotopic (exact) mass is 307 g/mol. The molecule has 21 heavy (non-hydrogen) atoms. The van der Waals surface area contributed by atoms with Crippen LogP contribution in [0.5, 0.6) is 0 Å². The summed E-state index contributed by atoms with van der Waals surface area (Å²) in [5, 5.41) is 17.8. The van der Waals surface area contributed by atoms with Crippen LogP contribution in [0.2, 0.25) is 0 Å². The summed E-state index contributed by atoms with van der Waals surface area (Å²) >= 11 is 1.31. The highest BCUT2D eigenvalue weighted by atomic mass is 32.1. The Kier molecular flexibility index (Phi) is 4.42. The first-order valence-corrected chi connectivity index (χ1v) is 7.32. The van der Waals surface area contributed by atoms with Gasteiger partial charge in [0.2, 0.25) is 5.91 Å². The Morgan fingerprint density at radius 1 is 1.48 bits per heavy atom. The normalized spacial score (nSPS) is 12.1. The molecular formula is C14H17N3O3S. The molecule has 2 aromatic heterocycles. The van der Waals surface area contributed by atoms with Crippen molar-refractivity contribution in [2.75, 3.05) is 0 Å². The van der Waals surface area contributed by atoms with Gasteiger partial charge in [-0.3, -0.25) is 9.48 Å². The highest BCUT2D eigenvalue weighted by molar-refractivity contribution is 7.10. The Morgan fingerprint density at radius 2 is 2.19 bits per heavy atom. The number of aliphatic carboxylic acids is 1. The third-order valence-corrected chi connectivity index (χ3v) is 4.31. The molecule has 7 heteroatoms. The first-order valence-electron chi connectivity index (χ1n) is 6.44. The number of hydrogen-bond donors (Lipinski definition) is 2. The fraction of sp³-hybridized carbons (Fsp3) is 0.357. The first kappa shape index (κ1) is 15.2. The van der Waals surface area contributed by atoms with Crippen LogP contribution in [0.3, 0.4) is 0 Å². The van der Waals surface area contributed by atoms with Crippen LogP contribution >= 0.6 is 11.3 Å². The van der Waals surface area contributed by atoms with Gasteiger partial charge in [-0.25, -0.2) is 4.79 Å². The topological polar surface area (TPSA) is 84.2 Å². The molecule has 0 saturated carbocycles. The third kappa shape index (κ3) is 3.30. The van der Waals surface area contributed by atoms with E-state index in [9.17, 15) is 14.7 Å². The molecule has 2 heterocycles. The molecule has 0 saturated heterocycles. The molecule has 0 aliphatic carbocycles. The number of thiophene rings is 1. The van der Waals surface area contributed by atoms with E-state index in [1.54, 1.807) is 22.2 Å². The summed E-state index contributed by atoms with van der Waals surface area (Å²) in [4.78, 5) is 24.0. The lowest BCUT2D eigenvalue weighted by molar-refractivity contribution is -0.141. The molecule has 0 radical (unpaired) electrons. The summed E-state index contributed by atoms with van der Waals surface area (Å²) in [5.74, 6) is -1.39. The van der Waals surface area contributed by atoms with Crippen molar-refractivity contribution in [2.45, 2.75) is 26.3 Å². The van der Waals surface area contributed by atoms with Gasteiger partial charge in [-0.15, -0.1) is 11.3 Å². The van der Waals surface area contributed by atoms with E-state index in [-0.39, 0.29) is 12.3 Å². The Hall–Kier alpha value is -2.15. The Balaban J connectivity index is 2.12. The van der Waals surface area contributed by atoms with Gasteiger partial charge >= 0.3 is 5.97 Å². The zero-order chi connectivity index (χ0) is 15.6. The number of carboxylic acid groups (broad SMARTS) is 1. The van der Waals surface area contributed by atoms with Crippen molar-refractivity contribution in [1.82, 2.24) is 15.1 Å². The highest BCUT2D eigenvalue weighted by Crippen LogP contribution is 2.20. The fourth-order valence-corrected chi connectivity index (χ4v) is 2.92. The van der Waals surface area contributed by atoms with Gasteiger partial charge in [0.05, 0.1) is 12.1 Å². The summed E-state index contributed by atoms with van der Waals surface area (Å²) in [6.45, 7) is 3.72. The van der Waals surface area contributed by atoms with Crippen molar-refractivity contribution in [3.8, 4) is 0 Å². The summed E-state index contributed by atoms with van der Waals surface area (Å²) < 4.78 is 1.71. The van der Waals surface area contributed by atoms with E-state index >= 15 is 0 Å². The van der Waals surface area contributed by atoms with Crippen molar-refractivity contribution in [3.63, 3.8) is 0 Å². The number of rotatable bonds is 5. The van der Waals surface area contributed by atoms with E-state index in [4.69, 9.17) is 0 Å². The lowest BCUT2D eigenvalue weighted by atomic mass is 10.1. The smallest absolute Gasteiger partial charge is 0.331 e. The molecule has 0 aromatic carbocycles. The Labute approximate surface area is 126 Å². The van der Waals surface area contributed by atoms with Crippen molar-refractivity contribution >= 4 is 23.2 Å². The van der Waals surface area contributed by atoms with E-state index in [1.807, 2.05) is 20.9 Å². The molecule has 0 fully saturated rings. The Morgan fingerprint density at radius 3 is 2.67 bits per heavy atom. The third-order valence-electron chi connectivity index (χ3n) is 3.38. The van der Waals surface area contributed by atoms with Gasteiger partial charge in [0.25, 0.3) is 0 Å². The average molecular weight is 307 g/mol. The lowest BCUT2D eigenvalue weighted by Gasteiger charge is -2.13. The molecule has 112 valence electrons. The van der Waals surface area contributed by atoms with E-state index in [0.717, 1.165) is 17.0 Å². The molecule has 0 aliphatic rings. The van der Waals surface area contributed by atoms with Crippen LogP contribution in [0.15, 0.2) is 17.5 Å². The number of carbonyl (C=O) groups excluding carboxylic acids is 1. The van der Waals surface area contributed by atoms with Crippen LogP contribution in [-0.2, 0) is 23.1 Å². The van der Waals surface area contributed by atoms with Crippen LogP contribution in [0.4, 0.5) is 0 Å². The fourth-order valence-electron chi connectivity index (χ4n) is 2.16. The average Bonchev–Trinajstić information content (AvgIpc) is 3.01. The number of hydrogen-bond acceptors (Lipinski definition) is 4. The molecule has 2 aromatic rings. The second kappa shape index (κ2) is 6.09. The van der Waals surface area contributed by atoms with Gasteiger partial charge in [-0.05, 0) is 25.3 Å². The van der Waals surface area contributed by atoms with Gasteiger partial charge in [0.15, 0.2) is 6.04 Å². The van der Waals surface area contributed by atoms with Crippen LogP contribution < -0.4 is 5.32 Å². The molecule has 1 amide bonds. The van der Waals surface area contributed by atoms with Crippen molar-refractivity contribution < 1.29 is 14.7 Å². The largest absolute Gasteiger partial charge is 0.479 e. The van der Waals surface area contributed by atoms with Crippen molar-refractivity contribution in [2.24, 2.45) is 7.05 Å². The maximum Gasteiger partial charge on any atom is 0.331 e. The number of aromatic nitrogens is 2. The molecule has 0 aliphatic heterocycles. The predicted octanol–water partition coefficient (Wildman–Crippen LogP) is 1.58. The minimum atomic E-state index is -1.06. The van der Waals surface area contributed by atoms with E-state index in [2.05, 4.69) is 10.4 Å². The van der Waals surface area contributed by atoms with E-state index in [0.29, 0.717) is 4.88 Å². The summed E-state index contributed by atoms with van der Waals surface area (Å²) in [6.07, 6.45) is 0.126. The quantitative estimate of drug-likeness (QED) is 0.878. The molecule has 0 bridgehead atoms. The van der Waals surface area contributed by atoms with Crippen molar-refractivity contribution in [3.05, 3.63) is 39.3 Å². The van der Waals surface area contributed by atoms with Gasteiger partial charge in [0.1, 0.15) is 0 Å². The molecular weight excluding hydrogens is 290 g/mol. The summed E-state index contributed by atoms with van der Waals surface area (Å²) in [6, 6.07) is 2.46. The van der Waals surface area contributed by atoms with Gasteiger partial charge < -0.3 is 10.4 Å². The number of amides is 1. The van der Waals surface area contributed by atoms with E-state index in [1.165, 1.54) is 11.3 Å². The second-order valence-corrected chi connectivity index (χ2v) is 5.78. The number of nitrogens with zero attached hydrogens (tertiary/aromatic N) is 2. The SMILES string of the molecule is Cc1nn(C)c(C)c1CC(=O)NC(C(=O)O)c1cccs1. The van der Waals surface area contributed by atoms with Crippen LogP contribution in [0.1, 0.15) is 27.9 Å². The minimum Gasteiger partial charge on any atom is -0.479 e. The molecule has 2 N–H and O–H groups in total. The van der Waals surface area contributed by atoms with Gasteiger partial charge in [0, 0.05) is 23.2 Å². The number of carbonyl (C=O) groups is 2. The molecule has 1 atom stereocenters. The maximum atomic E-state index is 12.1. The van der Waals surface area contributed by atoms with Crippen molar-refractivity contribution in [1.29, 1.82) is 0 Å². The molecule has 1 unspecified atom stereocenters. The number of carboxylic acids is 1. The van der Waals surface area contributed by atoms with E-state index < -0.39 is 12.0 Å². The molecule has 0 spiro atoms. The zero-order valence-electron chi connectivity index (χ0n) is 12.1. The predicted molar refractivity (Wildman–Crippen MR) is 79.2 cm³/mol. The van der Waals surface area contributed by atoms with Crippen LogP contribution in [0.25, 0.3) is 0 Å². The molecule has 2 rings (SSSR count). The van der Waals surface area contributed by atoms with Gasteiger partial charge in [-0.1, -0.05) is 6.07 Å².